The van der Waals surface area contributed by atoms with Crippen LogP contribution in [-0.2, 0) is 4.79 Å². The molecule has 6 heteroatoms. The molecule has 1 fully saturated rings. The lowest BCUT2D eigenvalue weighted by Gasteiger charge is -2.15. The molecule has 0 atom stereocenters. The van der Waals surface area contributed by atoms with E-state index >= 15 is 0 Å². The zero-order chi connectivity index (χ0) is 26.3. The molecule has 0 unspecified atom stereocenters. The minimum absolute atomic E-state index is 0.0976. The molecule has 1 aromatic rings. The molecule has 1 amide bonds. The first-order valence-corrected chi connectivity index (χ1v) is 16.6. The van der Waals surface area contributed by atoms with Crippen molar-refractivity contribution in [2.75, 3.05) is 25.0 Å². The Morgan fingerprint density at radius 1 is 0.730 bits per heavy atom. The Balaban J connectivity index is 1.26. The molecule has 206 valence electrons. The van der Waals surface area contributed by atoms with Gasteiger partial charge in [-0.3, -0.25) is 14.7 Å². The summed E-state index contributed by atoms with van der Waals surface area (Å²) in [5.74, 6) is 0.0976. The number of hydrogen-bond acceptors (Lipinski definition) is 5. The molecule has 2 aliphatic rings. The number of amidine groups is 1. The number of thioether (sulfide) groups is 2. The number of amides is 1. The van der Waals surface area contributed by atoms with Gasteiger partial charge in [-0.2, -0.15) is 0 Å². The predicted octanol–water partition coefficient (Wildman–Crippen LogP) is 9.61. The number of carbonyl (C=O) groups is 1. The summed E-state index contributed by atoms with van der Waals surface area (Å²) in [6.45, 7) is 5.81. The molecule has 0 aliphatic carbocycles. The van der Waals surface area contributed by atoms with Gasteiger partial charge in [0.1, 0.15) is 4.91 Å². The lowest BCUT2D eigenvalue weighted by molar-refractivity contribution is -0.122. The average Bonchev–Trinajstić information content (AvgIpc) is 3.41. The lowest BCUT2D eigenvalue weighted by Crippen LogP contribution is -2.29. The first kappa shape index (κ1) is 30.1. The lowest BCUT2D eigenvalue weighted by atomic mass is 10.0. The van der Waals surface area contributed by atoms with Crippen molar-refractivity contribution < 1.29 is 4.79 Å². The summed E-state index contributed by atoms with van der Waals surface area (Å²) >= 11 is 3.25. The molecule has 0 N–H and O–H groups in total. The molecular weight excluding hydrogens is 494 g/mol. The van der Waals surface area contributed by atoms with Crippen LogP contribution in [0.5, 0.6) is 0 Å². The Kier molecular flexibility index (Phi) is 14.0. The molecule has 1 saturated heterocycles. The van der Waals surface area contributed by atoms with E-state index in [2.05, 4.69) is 43.1 Å². The van der Waals surface area contributed by atoms with Gasteiger partial charge in [0.2, 0.25) is 0 Å². The summed E-state index contributed by atoms with van der Waals surface area (Å²) in [4.78, 5) is 24.0. The van der Waals surface area contributed by atoms with Gasteiger partial charge < -0.3 is 4.90 Å². The fourth-order valence-electron chi connectivity index (χ4n) is 5.07. The van der Waals surface area contributed by atoms with Crippen LogP contribution >= 0.6 is 23.5 Å². The van der Waals surface area contributed by atoms with E-state index in [9.17, 15) is 4.79 Å². The van der Waals surface area contributed by atoms with Crippen LogP contribution in [0.2, 0.25) is 0 Å². The van der Waals surface area contributed by atoms with Gasteiger partial charge >= 0.3 is 0 Å². The highest BCUT2D eigenvalue weighted by atomic mass is 32.2. The summed E-state index contributed by atoms with van der Waals surface area (Å²) < 4.78 is 0. The minimum Gasteiger partial charge on any atom is -0.337 e. The molecule has 2 heterocycles. The Morgan fingerprint density at radius 3 is 1.81 bits per heavy atom. The maximum absolute atomic E-state index is 13.1. The van der Waals surface area contributed by atoms with Gasteiger partial charge in [0.25, 0.3) is 5.91 Å². The number of aliphatic imine (C=N–C) groups is 1. The second kappa shape index (κ2) is 17.2. The number of benzene rings is 1. The highest BCUT2D eigenvalue weighted by Gasteiger charge is 2.38. The van der Waals surface area contributed by atoms with Crippen LogP contribution in [0.4, 0.5) is 5.69 Å². The van der Waals surface area contributed by atoms with Crippen molar-refractivity contribution in [1.29, 1.82) is 0 Å². The Morgan fingerprint density at radius 2 is 1.27 bits per heavy atom. The number of unbranched alkanes of at least 4 members (excludes halogenated alkanes) is 15. The van der Waals surface area contributed by atoms with E-state index in [4.69, 9.17) is 4.99 Å². The third kappa shape index (κ3) is 9.38. The molecule has 37 heavy (non-hydrogen) atoms. The van der Waals surface area contributed by atoms with Crippen molar-refractivity contribution in [3.05, 3.63) is 34.2 Å². The summed E-state index contributed by atoms with van der Waals surface area (Å²) in [5, 5.41) is 1.91. The summed E-state index contributed by atoms with van der Waals surface area (Å²) in [7, 11) is 2.05. The van der Waals surface area contributed by atoms with E-state index in [1.807, 2.05) is 11.8 Å². The Hall–Kier alpha value is -1.40. The number of nitrogens with zero attached hydrogens (tertiary/aromatic N) is 3. The molecule has 1 aromatic carbocycles. The van der Waals surface area contributed by atoms with Crippen LogP contribution in [0, 0.1) is 0 Å². The van der Waals surface area contributed by atoms with Crippen LogP contribution in [0.1, 0.15) is 117 Å². The maximum atomic E-state index is 13.1. The van der Waals surface area contributed by atoms with Gasteiger partial charge in [-0.05, 0) is 37.2 Å². The van der Waals surface area contributed by atoms with E-state index in [0.29, 0.717) is 6.54 Å². The number of anilines is 1. The van der Waals surface area contributed by atoms with Crippen LogP contribution in [0.3, 0.4) is 0 Å². The topological polar surface area (TPSA) is 35.9 Å². The Bertz CT molecular complexity index is 898. The first-order chi connectivity index (χ1) is 18.2. The smallest absolute Gasteiger partial charge is 0.269 e. The maximum Gasteiger partial charge on any atom is 0.269 e. The van der Waals surface area contributed by atoms with E-state index in [0.717, 1.165) is 28.1 Å². The van der Waals surface area contributed by atoms with E-state index in [1.165, 1.54) is 107 Å². The average molecular weight is 544 g/mol. The molecule has 0 aromatic heterocycles. The van der Waals surface area contributed by atoms with Gasteiger partial charge in [0.15, 0.2) is 5.17 Å². The zero-order valence-electron chi connectivity index (χ0n) is 23.6. The monoisotopic (exact) mass is 543 g/mol. The second-order valence-corrected chi connectivity index (χ2v) is 12.4. The van der Waals surface area contributed by atoms with Gasteiger partial charge in [-0.15, -0.1) is 0 Å². The predicted molar refractivity (Wildman–Crippen MR) is 165 cm³/mol. The summed E-state index contributed by atoms with van der Waals surface area (Å²) in [5.41, 5.74) is 1.17. The zero-order valence-corrected chi connectivity index (χ0v) is 25.2. The normalized spacial score (nSPS) is 18.5. The van der Waals surface area contributed by atoms with Crippen LogP contribution in [-0.4, -0.2) is 36.1 Å². The van der Waals surface area contributed by atoms with Crippen molar-refractivity contribution in [1.82, 2.24) is 4.90 Å². The van der Waals surface area contributed by atoms with Gasteiger partial charge in [-0.25, -0.2) is 0 Å². The number of carbonyl (C=O) groups excluding carboxylic acids is 1. The SMILES string of the molecule is CCCCCCCCCCCCCCCCCCN=C1S/C(=C2/Sc3ccccc3N2C)C(=O)N1CC. The van der Waals surface area contributed by atoms with Crippen molar-refractivity contribution in [3.63, 3.8) is 0 Å². The van der Waals surface area contributed by atoms with Crippen molar-refractivity contribution >= 4 is 40.3 Å². The van der Waals surface area contributed by atoms with Crippen LogP contribution in [0.15, 0.2) is 44.1 Å². The van der Waals surface area contributed by atoms with E-state index < -0.39 is 0 Å². The highest BCUT2D eigenvalue weighted by molar-refractivity contribution is 8.19. The first-order valence-electron chi connectivity index (χ1n) is 15.0. The largest absolute Gasteiger partial charge is 0.337 e. The number of hydrogen-bond donors (Lipinski definition) is 0. The third-order valence-corrected chi connectivity index (χ3v) is 9.84. The van der Waals surface area contributed by atoms with Gasteiger partial charge in [0, 0.05) is 25.0 Å². The summed E-state index contributed by atoms with van der Waals surface area (Å²) in [6.07, 6.45) is 22.0. The molecule has 0 spiro atoms. The molecule has 4 nitrogen and oxygen atoms in total. The van der Waals surface area contributed by atoms with E-state index in [1.54, 1.807) is 23.5 Å². The number of rotatable bonds is 18. The minimum atomic E-state index is 0.0976. The standard InChI is InChI=1S/C31H49N3OS2/c1-4-6-7-8-9-10-11-12-13-14-15-16-17-18-19-22-25-32-31-34(5-2)29(35)28(37-31)30-33(3)26-23-20-21-24-27(26)36-30/h20-21,23-24H,4-19,22,25H2,1-3H3/b30-28+,32-31?. The third-order valence-electron chi connectivity index (χ3n) is 7.37. The van der Waals surface area contributed by atoms with Crippen LogP contribution < -0.4 is 4.90 Å². The van der Waals surface area contributed by atoms with Gasteiger partial charge in [0.05, 0.1) is 10.7 Å². The van der Waals surface area contributed by atoms with E-state index in [-0.39, 0.29) is 5.91 Å². The fraction of sp³-hybridized carbons (Fsp3) is 0.677. The molecule has 0 saturated carbocycles. The molecular formula is C31H49N3OS2. The van der Waals surface area contributed by atoms with Gasteiger partial charge in [-0.1, -0.05) is 127 Å². The number of likely N-dealkylation sites (N-methyl/N-ethyl adjacent to an activating group) is 1. The molecule has 0 bridgehead atoms. The number of para-hydroxylation sites is 1. The summed E-state index contributed by atoms with van der Waals surface area (Å²) in [6, 6.07) is 8.35. The molecule has 2 aliphatic heterocycles. The second-order valence-electron chi connectivity index (χ2n) is 10.4. The quantitative estimate of drug-likeness (QED) is 0.136. The Labute approximate surface area is 235 Å². The van der Waals surface area contributed by atoms with Crippen molar-refractivity contribution in [2.45, 2.75) is 121 Å². The highest BCUT2D eigenvalue weighted by Crippen LogP contribution is 2.49. The van der Waals surface area contributed by atoms with Crippen molar-refractivity contribution in [3.8, 4) is 0 Å². The number of fused-ring (bicyclic) bond motifs is 1. The van der Waals surface area contributed by atoms with Crippen molar-refractivity contribution in [2.24, 2.45) is 4.99 Å². The molecule has 0 radical (unpaired) electrons. The molecule has 3 rings (SSSR count). The van der Waals surface area contributed by atoms with Crippen LogP contribution in [0.25, 0.3) is 0 Å². The fourth-order valence-corrected chi connectivity index (χ4v) is 7.48.